The molecule has 0 spiro atoms. The molecule has 0 fully saturated rings. The molecule has 2 heterocycles. The van der Waals surface area contributed by atoms with Crippen LogP contribution in [-0.2, 0) is 13.6 Å². The van der Waals surface area contributed by atoms with Gasteiger partial charge in [-0.1, -0.05) is 0 Å². The number of nitrogens with zero attached hydrogens (tertiary/aromatic N) is 3. The van der Waals surface area contributed by atoms with Crippen molar-refractivity contribution in [2.24, 2.45) is 7.05 Å². The molecular formula is C16H16N4O2S. The molecule has 118 valence electrons. The molecule has 6 nitrogen and oxygen atoms in total. The van der Waals surface area contributed by atoms with E-state index < -0.39 is 0 Å². The Morgan fingerprint density at radius 1 is 1.35 bits per heavy atom. The molecule has 0 radical (unpaired) electrons. The van der Waals surface area contributed by atoms with Gasteiger partial charge in [-0.15, -0.1) is 11.3 Å². The van der Waals surface area contributed by atoms with Gasteiger partial charge in [0.1, 0.15) is 10.8 Å². The summed E-state index contributed by atoms with van der Waals surface area (Å²) in [7, 11) is 3.42. The van der Waals surface area contributed by atoms with Crippen molar-refractivity contribution in [3.63, 3.8) is 0 Å². The molecule has 0 bridgehead atoms. The van der Waals surface area contributed by atoms with Gasteiger partial charge in [0, 0.05) is 24.2 Å². The van der Waals surface area contributed by atoms with E-state index in [0.717, 1.165) is 22.0 Å². The number of aromatic nitrogens is 3. The monoisotopic (exact) mass is 328 g/mol. The molecule has 3 aromatic rings. The molecule has 1 amide bonds. The zero-order valence-electron chi connectivity index (χ0n) is 12.8. The molecule has 0 saturated carbocycles. The van der Waals surface area contributed by atoms with Crippen LogP contribution in [0.3, 0.4) is 0 Å². The quantitative estimate of drug-likeness (QED) is 0.781. The Morgan fingerprint density at radius 2 is 2.13 bits per heavy atom. The molecule has 0 aliphatic rings. The molecule has 0 saturated heterocycles. The first-order chi connectivity index (χ1) is 11.2. The Hall–Kier alpha value is -2.67. The van der Waals surface area contributed by atoms with Crippen LogP contribution < -0.4 is 10.1 Å². The highest BCUT2D eigenvalue weighted by Crippen LogP contribution is 2.24. The van der Waals surface area contributed by atoms with Gasteiger partial charge < -0.3 is 10.1 Å². The zero-order valence-corrected chi connectivity index (χ0v) is 13.6. The largest absolute Gasteiger partial charge is 0.497 e. The standard InChI is InChI=1S/C16H16N4O2S/c1-20-9-12(7-18-20)16(21)17-8-15-19-14(10-23-15)11-3-5-13(22-2)6-4-11/h3-7,9-10H,8H2,1-2H3,(H,17,21). The molecule has 2 aromatic heterocycles. The average molecular weight is 328 g/mol. The molecule has 3 rings (SSSR count). The van der Waals surface area contributed by atoms with E-state index in [0.29, 0.717) is 12.1 Å². The first-order valence-corrected chi connectivity index (χ1v) is 7.89. The van der Waals surface area contributed by atoms with Crippen LogP contribution >= 0.6 is 11.3 Å². The molecule has 0 aliphatic heterocycles. The lowest BCUT2D eigenvalue weighted by Gasteiger charge is -2.01. The second kappa shape index (κ2) is 6.62. The van der Waals surface area contributed by atoms with E-state index in [1.807, 2.05) is 29.6 Å². The van der Waals surface area contributed by atoms with Crippen LogP contribution in [-0.4, -0.2) is 27.8 Å². The summed E-state index contributed by atoms with van der Waals surface area (Å²) in [5.74, 6) is 0.659. The predicted molar refractivity (Wildman–Crippen MR) is 88.5 cm³/mol. The fourth-order valence-corrected chi connectivity index (χ4v) is 2.83. The number of thiazole rings is 1. The maximum Gasteiger partial charge on any atom is 0.254 e. The Morgan fingerprint density at radius 3 is 2.78 bits per heavy atom. The van der Waals surface area contributed by atoms with Crippen LogP contribution in [0.2, 0.25) is 0 Å². The highest BCUT2D eigenvalue weighted by atomic mass is 32.1. The van der Waals surface area contributed by atoms with Crippen molar-refractivity contribution in [2.45, 2.75) is 6.54 Å². The summed E-state index contributed by atoms with van der Waals surface area (Å²) in [5, 5.41) is 9.66. The van der Waals surface area contributed by atoms with E-state index in [1.54, 1.807) is 31.2 Å². The van der Waals surface area contributed by atoms with Gasteiger partial charge >= 0.3 is 0 Å². The number of ether oxygens (including phenoxy) is 1. The highest BCUT2D eigenvalue weighted by molar-refractivity contribution is 7.09. The second-order valence-corrected chi connectivity index (χ2v) is 5.88. The minimum absolute atomic E-state index is 0.153. The number of methoxy groups -OCH3 is 1. The minimum Gasteiger partial charge on any atom is -0.497 e. The first-order valence-electron chi connectivity index (χ1n) is 7.01. The van der Waals surface area contributed by atoms with Crippen molar-refractivity contribution in [2.75, 3.05) is 7.11 Å². The van der Waals surface area contributed by atoms with Gasteiger partial charge in [-0.3, -0.25) is 9.48 Å². The van der Waals surface area contributed by atoms with E-state index in [4.69, 9.17) is 4.74 Å². The van der Waals surface area contributed by atoms with Gasteiger partial charge in [-0.05, 0) is 24.3 Å². The number of benzene rings is 1. The van der Waals surface area contributed by atoms with Gasteiger partial charge in [0.05, 0.1) is 31.1 Å². The lowest BCUT2D eigenvalue weighted by molar-refractivity contribution is 0.0951. The van der Waals surface area contributed by atoms with Crippen LogP contribution in [0.25, 0.3) is 11.3 Å². The Labute approximate surface area is 137 Å². The van der Waals surface area contributed by atoms with E-state index >= 15 is 0 Å². The average Bonchev–Trinajstić information content (AvgIpc) is 3.22. The number of carbonyl (C=O) groups is 1. The van der Waals surface area contributed by atoms with Crippen LogP contribution in [0.1, 0.15) is 15.4 Å². The molecule has 0 atom stereocenters. The van der Waals surface area contributed by atoms with Crippen molar-refractivity contribution in [3.05, 3.63) is 52.6 Å². The summed E-state index contributed by atoms with van der Waals surface area (Å²) in [6, 6.07) is 7.73. The van der Waals surface area contributed by atoms with Crippen molar-refractivity contribution in [1.82, 2.24) is 20.1 Å². The molecular weight excluding hydrogens is 312 g/mol. The van der Waals surface area contributed by atoms with Crippen LogP contribution in [0.15, 0.2) is 42.0 Å². The predicted octanol–water partition coefficient (Wildman–Crippen LogP) is 2.48. The smallest absolute Gasteiger partial charge is 0.254 e. The fourth-order valence-electron chi connectivity index (χ4n) is 2.08. The molecule has 23 heavy (non-hydrogen) atoms. The molecule has 0 aliphatic carbocycles. The number of hydrogen-bond donors (Lipinski definition) is 1. The van der Waals surface area contributed by atoms with Gasteiger partial charge in [-0.25, -0.2) is 4.98 Å². The highest BCUT2D eigenvalue weighted by Gasteiger charge is 2.09. The van der Waals surface area contributed by atoms with Crippen molar-refractivity contribution in [3.8, 4) is 17.0 Å². The maximum absolute atomic E-state index is 12.0. The van der Waals surface area contributed by atoms with Gasteiger partial charge in [0.15, 0.2) is 0 Å². The van der Waals surface area contributed by atoms with E-state index in [-0.39, 0.29) is 5.91 Å². The normalized spacial score (nSPS) is 10.5. The SMILES string of the molecule is COc1ccc(-c2csc(CNC(=O)c3cnn(C)c3)n2)cc1. The summed E-state index contributed by atoms with van der Waals surface area (Å²) in [6.07, 6.45) is 3.22. The third-order valence-corrected chi connectivity index (χ3v) is 4.15. The number of aryl methyl sites for hydroxylation is 1. The summed E-state index contributed by atoms with van der Waals surface area (Å²) in [5.41, 5.74) is 2.45. The van der Waals surface area contributed by atoms with Crippen molar-refractivity contribution in [1.29, 1.82) is 0 Å². The van der Waals surface area contributed by atoms with Crippen LogP contribution in [0, 0.1) is 0 Å². The second-order valence-electron chi connectivity index (χ2n) is 4.94. The molecule has 1 N–H and O–H groups in total. The molecule has 0 unspecified atom stereocenters. The Kier molecular flexibility index (Phi) is 4.38. The fraction of sp³-hybridized carbons (Fsp3) is 0.188. The third-order valence-electron chi connectivity index (χ3n) is 3.30. The number of nitrogens with one attached hydrogen (secondary N) is 1. The summed E-state index contributed by atoms with van der Waals surface area (Å²) in [4.78, 5) is 16.5. The maximum atomic E-state index is 12.0. The zero-order chi connectivity index (χ0) is 16.2. The summed E-state index contributed by atoms with van der Waals surface area (Å²) in [6.45, 7) is 0.397. The van der Waals surface area contributed by atoms with Crippen LogP contribution in [0.4, 0.5) is 0 Å². The van der Waals surface area contributed by atoms with Crippen LogP contribution in [0.5, 0.6) is 5.75 Å². The van der Waals surface area contributed by atoms with Gasteiger partial charge in [-0.2, -0.15) is 5.10 Å². The number of rotatable bonds is 5. The third kappa shape index (κ3) is 3.57. The van der Waals surface area contributed by atoms with E-state index in [9.17, 15) is 4.79 Å². The van der Waals surface area contributed by atoms with E-state index in [1.165, 1.54) is 11.3 Å². The topological polar surface area (TPSA) is 69.0 Å². The minimum atomic E-state index is -0.153. The lowest BCUT2D eigenvalue weighted by Crippen LogP contribution is -2.22. The van der Waals surface area contributed by atoms with Gasteiger partial charge in [0.25, 0.3) is 5.91 Å². The summed E-state index contributed by atoms with van der Waals surface area (Å²) >= 11 is 1.52. The first kappa shape index (κ1) is 15.2. The molecule has 7 heteroatoms. The Bertz CT molecular complexity index is 808. The molecule has 1 aromatic carbocycles. The number of hydrogen-bond acceptors (Lipinski definition) is 5. The van der Waals surface area contributed by atoms with Crippen molar-refractivity contribution < 1.29 is 9.53 Å². The lowest BCUT2D eigenvalue weighted by atomic mass is 10.2. The van der Waals surface area contributed by atoms with Gasteiger partial charge in [0.2, 0.25) is 0 Å². The van der Waals surface area contributed by atoms with Crippen molar-refractivity contribution >= 4 is 17.2 Å². The number of amides is 1. The Balaban J connectivity index is 1.63. The van der Waals surface area contributed by atoms with E-state index in [2.05, 4.69) is 15.4 Å². The summed E-state index contributed by atoms with van der Waals surface area (Å²) < 4.78 is 6.74. The number of carbonyl (C=O) groups excluding carboxylic acids is 1.